The summed E-state index contributed by atoms with van der Waals surface area (Å²) in [5.41, 5.74) is 0. The summed E-state index contributed by atoms with van der Waals surface area (Å²) < 4.78 is 5.60. The van der Waals surface area contributed by atoms with E-state index in [0.717, 1.165) is 26.3 Å². The van der Waals surface area contributed by atoms with E-state index in [0.29, 0.717) is 6.04 Å². The third-order valence-electron chi connectivity index (χ3n) is 3.61. The summed E-state index contributed by atoms with van der Waals surface area (Å²) in [5, 5.41) is 3.60. The Kier molecular flexibility index (Phi) is 13.7. The molecule has 0 bridgehead atoms. The topological polar surface area (TPSA) is 27.7 Å². The normalized spacial score (nSPS) is 13.3. The Morgan fingerprint density at radius 2 is 1.75 bits per heavy atom. The summed E-state index contributed by atoms with van der Waals surface area (Å²) in [4.78, 5) is 4.59. The van der Waals surface area contributed by atoms with Crippen molar-refractivity contribution in [2.75, 3.05) is 60.5 Å². The van der Waals surface area contributed by atoms with Crippen molar-refractivity contribution in [2.45, 2.75) is 45.6 Å². The number of ether oxygens (including phenoxy) is 1. The molecule has 0 aromatic carbocycles. The molecule has 0 aliphatic carbocycles. The van der Waals surface area contributed by atoms with Crippen molar-refractivity contribution in [3.05, 3.63) is 0 Å². The van der Waals surface area contributed by atoms with Gasteiger partial charge in [-0.05, 0) is 53.5 Å². The molecule has 20 heavy (non-hydrogen) atoms. The molecule has 4 heteroatoms. The summed E-state index contributed by atoms with van der Waals surface area (Å²) in [6.07, 6.45) is 5.01. The SMILES string of the molecule is CCCCN(C)CCC(CC)NCCOCCN(C)C. The first-order valence-electron chi connectivity index (χ1n) is 8.24. The van der Waals surface area contributed by atoms with Crippen LogP contribution in [0.2, 0.25) is 0 Å². The van der Waals surface area contributed by atoms with Crippen molar-refractivity contribution >= 4 is 0 Å². The number of unbranched alkanes of at least 4 members (excludes halogenated alkanes) is 1. The van der Waals surface area contributed by atoms with E-state index < -0.39 is 0 Å². The van der Waals surface area contributed by atoms with Crippen molar-refractivity contribution < 1.29 is 4.74 Å². The fourth-order valence-electron chi connectivity index (χ4n) is 2.05. The zero-order valence-corrected chi connectivity index (χ0v) is 14.5. The van der Waals surface area contributed by atoms with E-state index >= 15 is 0 Å². The maximum Gasteiger partial charge on any atom is 0.0593 e. The van der Waals surface area contributed by atoms with Gasteiger partial charge >= 0.3 is 0 Å². The lowest BCUT2D eigenvalue weighted by Gasteiger charge is -2.21. The Bertz CT molecular complexity index is 200. The van der Waals surface area contributed by atoms with Crippen molar-refractivity contribution in [1.82, 2.24) is 15.1 Å². The maximum absolute atomic E-state index is 5.60. The fraction of sp³-hybridized carbons (Fsp3) is 1.00. The van der Waals surface area contributed by atoms with Gasteiger partial charge in [-0.25, -0.2) is 0 Å². The summed E-state index contributed by atoms with van der Waals surface area (Å²) in [7, 11) is 6.38. The first-order chi connectivity index (χ1) is 9.60. The Hall–Kier alpha value is -0.160. The van der Waals surface area contributed by atoms with Gasteiger partial charge in [0.05, 0.1) is 13.2 Å². The Morgan fingerprint density at radius 1 is 1.00 bits per heavy atom. The summed E-state index contributed by atoms with van der Waals surface area (Å²) >= 11 is 0. The number of nitrogens with one attached hydrogen (secondary N) is 1. The van der Waals surface area contributed by atoms with Crippen LogP contribution < -0.4 is 5.32 Å². The van der Waals surface area contributed by atoms with E-state index in [-0.39, 0.29) is 0 Å². The molecule has 122 valence electrons. The van der Waals surface area contributed by atoms with Gasteiger partial charge in [0.15, 0.2) is 0 Å². The second kappa shape index (κ2) is 13.8. The molecule has 0 spiro atoms. The molecule has 4 nitrogen and oxygen atoms in total. The largest absolute Gasteiger partial charge is 0.379 e. The molecule has 0 aromatic rings. The average Bonchev–Trinajstić information content (AvgIpc) is 2.43. The molecule has 0 aliphatic rings. The molecule has 1 unspecified atom stereocenters. The zero-order chi connectivity index (χ0) is 15.2. The van der Waals surface area contributed by atoms with Crippen molar-refractivity contribution in [2.24, 2.45) is 0 Å². The van der Waals surface area contributed by atoms with Gasteiger partial charge in [-0.2, -0.15) is 0 Å². The highest BCUT2D eigenvalue weighted by Gasteiger charge is 2.06. The highest BCUT2D eigenvalue weighted by molar-refractivity contribution is 4.67. The van der Waals surface area contributed by atoms with E-state index in [2.05, 4.69) is 50.1 Å². The predicted molar refractivity (Wildman–Crippen MR) is 88.5 cm³/mol. The van der Waals surface area contributed by atoms with E-state index in [1.807, 2.05) is 0 Å². The van der Waals surface area contributed by atoms with Gasteiger partial charge in [0.25, 0.3) is 0 Å². The standard InChI is InChI=1S/C16H37N3O/c1-6-8-11-19(5)12-9-16(7-2)17-10-14-20-15-13-18(3)4/h16-17H,6-15H2,1-5H3. The Labute approximate surface area is 126 Å². The highest BCUT2D eigenvalue weighted by atomic mass is 16.5. The number of likely N-dealkylation sites (N-methyl/N-ethyl adjacent to an activating group) is 1. The molecule has 1 N–H and O–H groups in total. The van der Waals surface area contributed by atoms with Gasteiger partial charge in [0.1, 0.15) is 0 Å². The van der Waals surface area contributed by atoms with Gasteiger partial charge in [-0.15, -0.1) is 0 Å². The van der Waals surface area contributed by atoms with Crippen molar-refractivity contribution in [3.8, 4) is 0 Å². The van der Waals surface area contributed by atoms with Gasteiger partial charge in [0, 0.05) is 19.1 Å². The average molecular weight is 287 g/mol. The zero-order valence-electron chi connectivity index (χ0n) is 14.5. The molecular weight excluding hydrogens is 250 g/mol. The summed E-state index contributed by atoms with van der Waals surface area (Å²) in [6, 6.07) is 0.622. The lowest BCUT2D eigenvalue weighted by molar-refractivity contribution is 0.117. The molecule has 0 amide bonds. The maximum atomic E-state index is 5.60. The van der Waals surface area contributed by atoms with Gasteiger partial charge in [0.2, 0.25) is 0 Å². The van der Waals surface area contributed by atoms with Gasteiger partial charge in [-0.3, -0.25) is 0 Å². The first kappa shape index (κ1) is 19.8. The van der Waals surface area contributed by atoms with Crippen LogP contribution in [0.1, 0.15) is 39.5 Å². The number of hydrogen-bond acceptors (Lipinski definition) is 4. The third kappa shape index (κ3) is 12.9. The minimum absolute atomic E-state index is 0.622. The summed E-state index contributed by atoms with van der Waals surface area (Å²) in [5.74, 6) is 0. The second-order valence-corrected chi connectivity index (χ2v) is 5.92. The predicted octanol–water partition coefficient (Wildman–Crippen LogP) is 2.05. The molecule has 0 aliphatic heterocycles. The number of nitrogens with zero attached hydrogens (tertiary/aromatic N) is 2. The van der Waals surface area contributed by atoms with Crippen LogP contribution in [0.3, 0.4) is 0 Å². The fourth-order valence-corrected chi connectivity index (χ4v) is 2.05. The molecular formula is C16H37N3O. The Morgan fingerprint density at radius 3 is 2.35 bits per heavy atom. The monoisotopic (exact) mass is 287 g/mol. The molecule has 1 atom stereocenters. The quantitative estimate of drug-likeness (QED) is 0.495. The molecule has 0 rings (SSSR count). The number of hydrogen-bond donors (Lipinski definition) is 1. The lowest BCUT2D eigenvalue weighted by Crippen LogP contribution is -2.35. The Balaban J connectivity index is 3.51. The molecule has 0 heterocycles. The molecule has 0 saturated carbocycles. The molecule has 0 aromatic heterocycles. The third-order valence-corrected chi connectivity index (χ3v) is 3.61. The van der Waals surface area contributed by atoms with E-state index in [4.69, 9.17) is 4.74 Å². The minimum atomic E-state index is 0.622. The summed E-state index contributed by atoms with van der Waals surface area (Å²) in [6.45, 7) is 10.5. The van der Waals surface area contributed by atoms with E-state index in [1.54, 1.807) is 0 Å². The van der Waals surface area contributed by atoms with Gasteiger partial charge in [-0.1, -0.05) is 20.3 Å². The molecule has 0 radical (unpaired) electrons. The van der Waals surface area contributed by atoms with Crippen LogP contribution in [0.4, 0.5) is 0 Å². The lowest BCUT2D eigenvalue weighted by atomic mass is 10.1. The van der Waals surface area contributed by atoms with Crippen LogP contribution in [0.25, 0.3) is 0 Å². The first-order valence-corrected chi connectivity index (χ1v) is 8.24. The van der Waals surface area contributed by atoms with Crippen LogP contribution in [0, 0.1) is 0 Å². The van der Waals surface area contributed by atoms with Crippen LogP contribution in [-0.2, 0) is 4.74 Å². The van der Waals surface area contributed by atoms with E-state index in [9.17, 15) is 0 Å². The minimum Gasteiger partial charge on any atom is -0.379 e. The molecule has 0 fully saturated rings. The van der Waals surface area contributed by atoms with Crippen LogP contribution >= 0.6 is 0 Å². The van der Waals surface area contributed by atoms with E-state index in [1.165, 1.54) is 38.8 Å². The molecule has 0 saturated heterocycles. The second-order valence-electron chi connectivity index (χ2n) is 5.92. The number of rotatable bonds is 14. The van der Waals surface area contributed by atoms with Crippen LogP contribution in [-0.4, -0.2) is 76.4 Å². The van der Waals surface area contributed by atoms with Gasteiger partial charge < -0.3 is 19.9 Å². The van der Waals surface area contributed by atoms with Crippen molar-refractivity contribution in [3.63, 3.8) is 0 Å². The van der Waals surface area contributed by atoms with Crippen LogP contribution in [0.5, 0.6) is 0 Å². The van der Waals surface area contributed by atoms with Crippen LogP contribution in [0.15, 0.2) is 0 Å². The van der Waals surface area contributed by atoms with Crippen molar-refractivity contribution in [1.29, 1.82) is 0 Å². The highest BCUT2D eigenvalue weighted by Crippen LogP contribution is 2.00. The smallest absolute Gasteiger partial charge is 0.0593 e.